The Kier molecular flexibility index (Phi) is 9.70. The van der Waals surface area contributed by atoms with Gasteiger partial charge in [0.15, 0.2) is 5.82 Å². The molecule has 0 bridgehead atoms. The summed E-state index contributed by atoms with van der Waals surface area (Å²) in [5.74, 6) is -1.04. The molecule has 2 fully saturated rings. The molecule has 0 saturated heterocycles. The van der Waals surface area contributed by atoms with Crippen molar-refractivity contribution < 1.29 is 8.78 Å². The number of pyridine rings is 1. The predicted octanol–water partition coefficient (Wildman–Crippen LogP) is 6.73. The zero-order chi connectivity index (χ0) is 27.2. The van der Waals surface area contributed by atoms with E-state index in [1.54, 1.807) is 10.7 Å². The molecule has 3 aromatic rings. The van der Waals surface area contributed by atoms with Crippen molar-refractivity contribution in [3.63, 3.8) is 0 Å². The lowest BCUT2D eigenvalue weighted by Gasteiger charge is -2.31. The minimum absolute atomic E-state index is 0.104. The van der Waals surface area contributed by atoms with Gasteiger partial charge in [-0.2, -0.15) is 0 Å². The molecule has 3 aromatic heterocycles. The topological polar surface area (TPSA) is 84.7 Å². The van der Waals surface area contributed by atoms with Gasteiger partial charge in [0.25, 0.3) is 0 Å². The van der Waals surface area contributed by atoms with E-state index in [0.29, 0.717) is 0 Å². The number of hydrogen-bond acceptors (Lipinski definition) is 6. The molecule has 37 heavy (non-hydrogen) atoms. The number of hydrogen-bond donors (Lipinski definition) is 1. The number of anilines is 1. The predicted molar refractivity (Wildman–Crippen MR) is 148 cm³/mol. The van der Waals surface area contributed by atoms with Crippen LogP contribution >= 0.6 is 0 Å². The monoisotopic (exact) mass is 513 g/mol. The molecule has 0 radical (unpaired) electrons. The summed E-state index contributed by atoms with van der Waals surface area (Å²) in [6.07, 6.45) is 12.8. The number of halogens is 2. The van der Waals surface area contributed by atoms with Crippen molar-refractivity contribution in [1.82, 2.24) is 24.5 Å². The first kappa shape index (κ1) is 28.6. The van der Waals surface area contributed by atoms with Gasteiger partial charge in [-0.25, -0.2) is 28.3 Å². The summed E-state index contributed by atoms with van der Waals surface area (Å²) in [4.78, 5) is 15.3. The SMILES string of the molecule is CC(C)=Nc1ncc(-c2ccn3nc(N)ncc23)cc1C.CC1CC(F)(F)C1.CN(C)C1CCCCC1. The second-order valence-corrected chi connectivity index (χ2v) is 10.7. The minimum Gasteiger partial charge on any atom is -0.367 e. The Hall–Kier alpha value is -2.94. The molecule has 0 unspecified atom stereocenters. The van der Waals surface area contributed by atoms with Crippen molar-refractivity contribution in [3.8, 4) is 11.1 Å². The summed E-state index contributed by atoms with van der Waals surface area (Å²) in [6, 6.07) is 4.94. The van der Waals surface area contributed by atoms with Gasteiger partial charge in [-0.1, -0.05) is 26.2 Å². The number of alkyl halides is 2. The second-order valence-electron chi connectivity index (χ2n) is 10.7. The third-order valence-corrected chi connectivity index (χ3v) is 6.72. The van der Waals surface area contributed by atoms with Gasteiger partial charge in [-0.05, 0) is 71.3 Å². The van der Waals surface area contributed by atoms with E-state index in [9.17, 15) is 8.78 Å². The molecular formula is C28H41F2N7. The molecule has 0 amide bonds. The molecule has 0 aromatic carbocycles. The largest absolute Gasteiger partial charge is 0.367 e. The van der Waals surface area contributed by atoms with E-state index < -0.39 is 5.92 Å². The normalized spacial score (nSPS) is 17.3. The third kappa shape index (κ3) is 8.28. The zero-order valence-corrected chi connectivity index (χ0v) is 23.0. The van der Waals surface area contributed by atoms with E-state index in [1.807, 2.05) is 46.2 Å². The Bertz CT molecular complexity index is 1180. The highest BCUT2D eigenvalue weighted by Gasteiger charge is 2.42. The molecule has 3 heterocycles. The van der Waals surface area contributed by atoms with Crippen molar-refractivity contribution >= 4 is 23.0 Å². The van der Waals surface area contributed by atoms with Crippen LogP contribution in [0.25, 0.3) is 16.6 Å². The van der Waals surface area contributed by atoms with Crippen LogP contribution < -0.4 is 5.73 Å². The average Bonchev–Trinajstić information content (AvgIpc) is 3.23. The van der Waals surface area contributed by atoms with Gasteiger partial charge < -0.3 is 10.6 Å². The lowest BCUT2D eigenvalue weighted by atomic mass is 9.83. The number of nitrogen functional groups attached to an aromatic ring is 1. The Morgan fingerprint density at radius 2 is 1.78 bits per heavy atom. The van der Waals surface area contributed by atoms with Gasteiger partial charge in [0, 0.05) is 48.1 Å². The van der Waals surface area contributed by atoms with E-state index in [-0.39, 0.29) is 24.7 Å². The van der Waals surface area contributed by atoms with E-state index in [2.05, 4.69) is 45.1 Å². The standard InChI is InChI=1S/C15H16N6.C8H17N.C5H8F2/c1-9(2)19-14-10(3)6-11(7-17-14)12-4-5-21-13(12)8-18-15(16)20-21;1-9(2)8-6-4-3-5-7-8;1-4-2-5(6,7)3-4/h4-8H,1-3H3,(H2,16,20);8H,3-7H2,1-2H3;4H,2-3H2,1H3. The van der Waals surface area contributed by atoms with Gasteiger partial charge in [0.1, 0.15) is 0 Å². The van der Waals surface area contributed by atoms with Crippen LogP contribution in [0.15, 0.2) is 35.7 Å². The molecule has 2 N–H and O–H groups in total. The molecular weight excluding hydrogens is 472 g/mol. The summed E-state index contributed by atoms with van der Waals surface area (Å²) in [7, 11) is 4.38. The molecule has 0 spiro atoms. The summed E-state index contributed by atoms with van der Waals surface area (Å²) in [6.45, 7) is 7.76. The Labute approximate surface area is 219 Å². The van der Waals surface area contributed by atoms with Crippen LogP contribution in [-0.4, -0.2) is 56.3 Å². The fourth-order valence-electron chi connectivity index (χ4n) is 4.76. The van der Waals surface area contributed by atoms with Crippen LogP contribution in [0.4, 0.5) is 20.5 Å². The maximum atomic E-state index is 11.8. The number of fused-ring (bicyclic) bond motifs is 1. The van der Waals surface area contributed by atoms with Crippen LogP contribution in [0.3, 0.4) is 0 Å². The lowest BCUT2D eigenvalue weighted by molar-refractivity contribution is -0.104. The average molecular weight is 514 g/mol. The Balaban J connectivity index is 0.000000194. The number of aromatic nitrogens is 4. The van der Waals surface area contributed by atoms with E-state index in [1.165, 1.54) is 32.1 Å². The van der Waals surface area contributed by atoms with Crippen LogP contribution in [0.2, 0.25) is 0 Å². The second kappa shape index (κ2) is 12.5. The molecule has 0 aliphatic heterocycles. The molecule has 9 heteroatoms. The van der Waals surface area contributed by atoms with Crippen LogP contribution in [0.5, 0.6) is 0 Å². The van der Waals surface area contributed by atoms with Gasteiger partial charge in [-0.15, -0.1) is 5.10 Å². The van der Waals surface area contributed by atoms with Crippen molar-refractivity contribution in [1.29, 1.82) is 0 Å². The zero-order valence-electron chi connectivity index (χ0n) is 23.0. The first-order chi connectivity index (χ1) is 17.4. The molecule has 2 aliphatic carbocycles. The number of aliphatic imine (C=N–C) groups is 1. The molecule has 5 rings (SSSR count). The maximum absolute atomic E-state index is 11.8. The molecule has 2 aliphatic rings. The summed E-state index contributed by atoms with van der Waals surface area (Å²) in [5.41, 5.74) is 10.5. The van der Waals surface area contributed by atoms with Crippen molar-refractivity contribution in [2.45, 2.75) is 84.6 Å². The fraction of sp³-hybridized carbons (Fsp3) is 0.571. The van der Waals surface area contributed by atoms with Crippen LogP contribution in [0.1, 0.15) is 71.3 Å². The highest BCUT2D eigenvalue weighted by Crippen LogP contribution is 2.41. The minimum atomic E-state index is -2.31. The van der Waals surface area contributed by atoms with Crippen LogP contribution in [-0.2, 0) is 0 Å². The molecule has 7 nitrogen and oxygen atoms in total. The van der Waals surface area contributed by atoms with Crippen molar-refractivity contribution in [3.05, 3.63) is 36.3 Å². The highest BCUT2D eigenvalue weighted by atomic mass is 19.3. The van der Waals surface area contributed by atoms with Crippen LogP contribution in [0, 0.1) is 12.8 Å². The van der Waals surface area contributed by atoms with E-state index in [4.69, 9.17) is 5.73 Å². The summed E-state index contributed by atoms with van der Waals surface area (Å²) in [5, 5.41) is 4.14. The van der Waals surface area contributed by atoms with Gasteiger partial charge in [-0.3, -0.25) is 0 Å². The smallest absolute Gasteiger partial charge is 0.248 e. The number of nitrogens with two attached hydrogens (primary N) is 1. The lowest BCUT2D eigenvalue weighted by Crippen LogP contribution is -2.33. The van der Waals surface area contributed by atoms with Crippen molar-refractivity contribution in [2.24, 2.45) is 10.9 Å². The molecule has 0 atom stereocenters. The van der Waals surface area contributed by atoms with E-state index >= 15 is 0 Å². The quantitative estimate of drug-likeness (QED) is 0.393. The molecule has 2 saturated carbocycles. The maximum Gasteiger partial charge on any atom is 0.248 e. The first-order valence-corrected chi connectivity index (χ1v) is 13.1. The number of aryl methyl sites for hydroxylation is 1. The van der Waals surface area contributed by atoms with Gasteiger partial charge >= 0.3 is 0 Å². The Morgan fingerprint density at radius 3 is 2.27 bits per heavy atom. The summed E-state index contributed by atoms with van der Waals surface area (Å²) >= 11 is 0. The van der Waals surface area contributed by atoms with Gasteiger partial charge in [0.2, 0.25) is 11.9 Å². The first-order valence-electron chi connectivity index (χ1n) is 13.1. The van der Waals surface area contributed by atoms with Crippen molar-refractivity contribution in [2.75, 3.05) is 19.8 Å². The number of nitrogens with zero attached hydrogens (tertiary/aromatic N) is 6. The fourth-order valence-corrected chi connectivity index (χ4v) is 4.76. The Morgan fingerprint density at radius 1 is 1.11 bits per heavy atom. The highest BCUT2D eigenvalue weighted by molar-refractivity contribution is 5.83. The van der Waals surface area contributed by atoms with E-state index in [0.717, 1.165) is 39.8 Å². The van der Waals surface area contributed by atoms with Gasteiger partial charge in [0.05, 0.1) is 11.7 Å². The molecule has 202 valence electrons. The summed E-state index contributed by atoms with van der Waals surface area (Å²) < 4.78 is 25.3. The number of rotatable bonds is 3. The third-order valence-electron chi connectivity index (χ3n) is 6.72.